The second-order valence-corrected chi connectivity index (χ2v) is 3.69. The molecule has 0 bridgehead atoms. The number of hydrogen-bond acceptors (Lipinski definition) is 3. The molecule has 1 aliphatic heterocycles. The Bertz CT molecular complexity index is 421. The van der Waals surface area contributed by atoms with Gasteiger partial charge in [0.15, 0.2) is 12.0 Å². The van der Waals surface area contributed by atoms with Crippen LogP contribution in [0, 0.1) is 0 Å². The highest BCUT2D eigenvalue weighted by Gasteiger charge is 2.10. The summed E-state index contributed by atoms with van der Waals surface area (Å²) >= 11 is 0. The van der Waals surface area contributed by atoms with E-state index in [1.54, 1.807) is 0 Å². The van der Waals surface area contributed by atoms with Crippen LogP contribution < -0.4 is 5.32 Å². The lowest BCUT2D eigenvalue weighted by atomic mass is 10.0. The highest BCUT2D eigenvalue weighted by atomic mass is 16.3. The zero-order valence-corrected chi connectivity index (χ0v) is 7.92. The van der Waals surface area contributed by atoms with Gasteiger partial charge in [-0.1, -0.05) is 0 Å². The molecule has 1 aromatic carbocycles. The molecule has 0 saturated carbocycles. The van der Waals surface area contributed by atoms with Crippen LogP contribution >= 0.6 is 0 Å². The van der Waals surface area contributed by atoms with Crippen molar-refractivity contribution < 1.29 is 4.42 Å². The van der Waals surface area contributed by atoms with Crippen LogP contribution in [0.4, 0.5) is 0 Å². The molecule has 0 fully saturated rings. The summed E-state index contributed by atoms with van der Waals surface area (Å²) in [6.07, 6.45) is 3.70. The third-order valence-corrected chi connectivity index (χ3v) is 2.79. The average Bonchev–Trinajstić information content (AvgIpc) is 2.51. The van der Waals surface area contributed by atoms with Crippen molar-refractivity contribution in [1.82, 2.24) is 10.3 Å². The van der Waals surface area contributed by atoms with E-state index in [2.05, 4.69) is 22.4 Å². The Hall–Kier alpha value is -1.35. The number of nitrogens with one attached hydrogen (secondary N) is 1. The Balaban J connectivity index is 2.19. The lowest BCUT2D eigenvalue weighted by molar-refractivity contribution is 0.601. The predicted molar refractivity (Wildman–Crippen MR) is 54.3 cm³/mol. The minimum Gasteiger partial charge on any atom is -0.443 e. The fraction of sp³-hybridized carbons (Fsp3) is 0.364. The molecule has 3 heteroatoms. The van der Waals surface area contributed by atoms with Crippen LogP contribution in [0.3, 0.4) is 0 Å². The maximum absolute atomic E-state index is 5.29. The van der Waals surface area contributed by atoms with E-state index in [0.29, 0.717) is 0 Å². The number of oxazole rings is 1. The zero-order chi connectivity index (χ0) is 9.38. The molecular formula is C11H12N2O. The van der Waals surface area contributed by atoms with Gasteiger partial charge in [0.1, 0.15) is 5.52 Å². The highest BCUT2D eigenvalue weighted by Crippen LogP contribution is 2.20. The molecule has 0 saturated heterocycles. The molecule has 0 aliphatic carbocycles. The smallest absolute Gasteiger partial charge is 0.181 e. The van der Waals surface area contributed by atoms with Crippen molar-refractivity contribution in [1.29, 1.82) is 0 Å². The van der Waals surface area contributed by atoms with E-state index in [4.69, 9.17) is 4.42 Å². The summed E-state index contributed by atoms with van der Waals surface area (Å²) in [5, 5.41) is 3.39. The maximum Gasteiger partial charge on any atom is 0.181 e. The molecule has 2 aromatic rings. The van der Waals surface area contributed by atoms with E-state index in [1.807, 2.05) is 0 Å². The summed E-state index contributed by atoms with van der Waals surface area (Å²) in [5.74, 6) is 0. The molecule has 3 nitrogen and oxygen atoms in total. The van der Waals surface area contributed by atoms with Gasteiger partial charge >= 0.3 is 0 Å². The fourth-order valence-electron chi connectivity index (χ4n) is 2.03. The summed E-state index contributed by atoms with van der Waals surface area (Å²) in [4.78, 5) is 4.17. The maximum atomic E-state index is 5.29. The molecule has 1 N–H and O–H groups in total. The first-order valence-corrected chi connectivity index (χ1v) is 4.99. The predicted octanol–water partition coefficient (Wildman–Crippen LogP) is 1.52. The average molecular weight is 188 g/mol. The van der Waals surface area contributed by atoms with Crippen LogP contribution in [0.15, 0.2) is 22.9 Å². The van der Waals surface area contributed by atoms with Gasteiger partial charge in [0, 0.05) is 0 Å². The molecule has 0 unspecified atom stereocenters. The van der Waals surface area contributed by atoms with Crippen molar-refractivity contribution in [2.75, 3.05) is 13.1 Å². The van der Waals surface area contributed by atoms with Crippen molar-refractivity contribution in [3.8, 4) is 0 Å². The standard InChI is InChI=1S/C11H12N2O/c1-3-12-4-2-9-6-11-10(5-8(1)9)13-7-14-11/h5-7,12H,1-4H2. The van der Waals surface area contributed by atoms with E-state index >= 15 is 0 Å². The molecule has 3 rings (SSSR count). The van der Waals surface area contributed by atoms with Gasteiger partial charge in [-0.25, -0.2) is 4.98 Å². The van der Waals surface area contributed by atoms with Crippen molar-refractivity contribution in [3.05, 3.63) is 29.7 Å². The second-order valence-electron chi connectivity index (χ2n) is 3.69. The summed E-state index contributed by atoms with van der Waals surface area (Å²) in [6.45, 7) is 2.13. The normalized spacial score (nSPS) is 16.6. The quantitative estimate of drug-likeness (QED) is 0.681. The Morgan fingerprint density at radius 2 is 1.93 bits per heavy atom. The summed E-state index contributed by atoms with van der Waals surface area (Å²) < 4.78 is 5.29. The number of hydrogen-bond donors (Lipinski definition) is 1. The molecule has 1 aromatic heterocycles. The third-order valence-electron chi connectivity index (χ3n) is 2.79. The molecular weight excluding hydrogens is 176 g/mol. The Labute approximate surface area is 82.1 Å². The topological polar surface area (TPSA) is 38.1 Å². The molecule has 0 atom stereocenters. The highest BCUT2D eigenvalue weighted by molar-refractivity contribution is 5.74. The third kappa shape index (κ3) is 1.21. The molecule has 72 valence electrons. The monoisotopic (exact) mass is 188 g/mol. The molecule has 0 radical (unpaired) electrons. The molecule has 1 aliphatic rings. The van der Waals surface area contributed by atoms with Gasteiger partial charge in [-0.05, 0) is 49.2 Å². The molecule has 0 amide bonds. The van der Waals surface area contributed by atoms with E-state index in [1.165, 1.54) is 17.5 Å². The Kier molecular flexibility index (Phi) is 1.77. The van der Waals surface area contributed by atoms with Crippen LogP contribution in [-0.4, -0.2) is 18.1 Å². The van der Waals surface area contributed by atoms with Crippen LogP contribution in [0.2, 0.25) is 0 Å². The van der Waals surface area contributed by atoms with Gasteiger partial charge in [-0.3, -0.25) is 0 Å². The first-order chi connectivity index (χ1) is 6.93. The van der Waals surface area contributed by atoms with Gasteiger partial charge in [0.25, 0.3) is 0 Å². The summed E-state index contributed by atoms with van der Waals surface area (Å²) in [6, 6.07) is 4.28. The van der Waals surface area contributed by atoms with Crippen molar-refractivity contribution in [2.45, 2.75) is 12.8 Å². The minimum absolute atomic E-state index is 0.908. The lowest BCUT2D eigenvalue weighted by Crippen LogP contribution is -2.16. The van der Waals surface area contributed by atoms with Crippen LogP contribution in [-0.2, 0) is 12.8 Å². The van der Waals surface area contributed by atoms with Gasteiger partial charge in [0.2, 0.25) is 0 Å². The first-order valence-electron chi connectivity index (χ1n) is 4.99. The molecule has 2 heterocycles. The SMILES string of the molecule is c1nc2cc3c(cc2o1)CCNCC3. The molecule has 14 heavy (non-hydrogen) atoms. The van der Waals surface area contributed by atoms with Crippen molar-refractivity contribution in [3.63, 3.8) is 0 Å². The van der Waals surface area contributed by atoms with Gasteiger partial charge < -0.3 is 9.73 Å². The number of fused-ring (bicyclic) bond motifs is 2. The number of benzene rings is 1. The van der Waals surface area contributed by atoms with Gasteiger partial charge in [-0.2, -0.15) is 0 Å². The fourth-order valence-corrected chi connectivity index (χ4v) is 2.03. The van der Waals surface area contributed by atoms with Gasteiger partial charge in [-0.15, -0.1) is 0 Å². The zero-order valence-electron chi connectivity index (χ0n) is 7.92. The van der Waals surface area contributed by atoms with Crippen molar-refractivity contribution in [2.24, 2.45) is 0 Å². The Morgan fingerprint density at radius 3 is 2.79 bits per heavy atom. The number of nitrogens with zero attached hydrogens (tertiary/aromatic N) is 1. The Morgan fingerprint density at radius 1 is 1.14 bits per heavy atom. The molecule has 0 spiro atoms. The van der Waals surface area contributed by atoms with E-state index in [9.17, 15) is 0 Å². The number of aromatic nitrogens is 1. The first kappa shape index (κ1) is 8.00. The van der Waals surface area contributed by atoms with E-state index in [-0.39, 0.29) is 0 Å². The second kappa shape index (κ2) is 3.10. The van der Waals surface area contributed by atoms with Crippen molar-refractivity contribution >= 4 is 11.1 Å². The largest absolute Gasteiger partial charge is 0.443 e. The summed E-state index contributed by atoms with van der Waals surface area (Å²) in [7, 11) is 0. The van der Waals surface area contributed by atoms with Crippen LogP contribution in [0.5, 0.6) is 0 Å². The van der Waals surface area contributed by atoms with Gasteiger partial charge in [0.05, 0.1) is 0 Å². The minimum atomic E-state index is 0.908. The van der Waals surface area contributed by atoms with Crippen LogP contribution in [0.1, 0.15) is 11.1 Å². The van der Waals surface area contributed by atoms with E-state index in [0.717, 1.165) is 37.0 Å². The van der Waals surface area contributed by atoms with Crippen LogP contribution in [0.25, 0.3) is 11.1 Å². The lowest BCUT2D eigenvalue weighted by Gasteiger charge is -2.03. The summed E-state index contributed by atoms with van der Waals surface area (Å²) in [5.41, 5.74) is 4.70. The number of rotatable bonds is 0. The van der Waals surface area contributed by atoms with E-state index < -0.39 is 0 Å².